The summed E-state index contributed by atoms with van der Waals surface area (Å²) in [6.07, 6.45) is 0.767. The van der Waals surface area contributed by atoms with E-state index in [9.17, 15) is 9.90 Å². The van der Waals surface area contributed by atoms with Gasteiger partial charge in [0.1, 0.15) is 5.75 Å². The van der Waals surface area contributed by atoms with E-state index in [4.69, 9.17) is 4.43 Å². The Kier molecular flexibility index (Phi) is 6.13. The fourth-order valence-electron chi connectivity index (χ4n) is 3.71. The predicted octanol–water partition coefficient (Wildman–Crippen LogP) is 6.26. The number of hydrogen-bond acceptors (Lipinski definition) is 2. The van der Waals surface area contributed by atoms with Crippen molar-refractivity contribution in [3.05, 3.63) is 65.4 Å². The molecule has 0 amide bonds. The molecule has 0 bridgehead atoms. The van der Waals surface area contributed by atoms with Gasteiger partial charge in [-0.05, 0) is 47.8 Å². The monoisotopic (exact) mass is 423 g/mol. The molecule has 0 saturated heterocycles. The zero-order valence-electron chi connectivity index (χ0n) is 19.0. The average molecular weight is 424 g/mol. The molecular weight excluding hydrogens is 390 g/mol. The second-order valence-electron chi connectivity index (χ2n) is 9.43. The maximum absolute atomic E-state index is 11.8. The lowest BCUT2D eigenvalue weighted by atomic mass is 10.1. The number of nitrogens with zero attached hydrogens (tertiary/aromatic N) is 1. The van der Waals surface area contributed by atoms with Crippen LogP contribution in [0.15, 0.2) is 48.5 Å². The fraction of sp³-hybridized carbons (Fsp3) is 0.400. The van der Waals surface area contributed by atoms with E-state index in [2.05, 4.69) is 63.6 Å². The molecule has 0 radical (unpaired) electrons. The minimum Gasteiger partial charge on any atom is -0.543 e. The highest BCUT2D eigenvalue weighted by Crippen LogP contribution is 2.41. The third-order valence-electron chi connectivity index (χ3n) is 6.29. The molecule has 1 N–H and O–H groups in total. The summed E-state index contributed by atoms with van der Waals surface area (Å²) in [6.45, 7) is 13.9. The predicted molar refractivity (Wildman–Crippen MR) is 126 cm³/mol. The summed E-state index contributed by atoms with van der Waals surface area (Å²) in [7, 11) is -2.07. The largest absolute Gasteiger partial charge is 0.543 e. The van der Waals surface area contributed by atoms with Gasteiger partial charge in [0, 0.05) is 17.6 Å². The molecule has 0 saturated carbocycles. The first-order chi connectivity index (χ1) is 14.0. The van der Waals surface area contributed by atoms with Crippen LogP contribution < -0.4 is 4.43 Å². The zero-order chi connectivity index (χ0) is 22.1. The summed E-state index contributed by atoms with van der Waals surface area (Å²) < 4.78 is 8.96. The Hall–Kier alpha value is -2.53. The summed E-state index contributed by atoms with van der Waals surface area (Å²) in [5, 5.41) is 10.7. The average Bonchev–Trinajstić information content (AvgIpc) is 2.94. The van der Waals surface area contributed by atoms with Crippen LogP contribution in [-0.2, 0) is 24.2 Å². The molecule has 3 aromatic rings. The van der Waals surface area contributed by atoms with Crippen molar-refractivity contribution in [3.8, 4) is 5.75 Å². The van der Waals surface area contributed by atoms with Crippen molar-refractivity contribution in [1.82, 2.24) is 4.57 Å². The van der Waals surface area contributed by atoms with Crippen LogP contribution in [0, 0.1) is 0 Å². The lowest BCUT2D eigenvalue weighted by Crippen LogP contribution is -2.43. The fourth-order valence-corrected chi connectivity index (χ4v) is 4.73. The van der Waals surface area contributed by atoms with E-state index in [0.717, 1.165) is 34.3 Å². The highest BCUT2D eigenvalue weighted by molar-refractivity contribution is 6.74. The quantitative estimate of drug-likeness (QED) is 0.456. The second-order valence-corrected chi connectivity index (χ2v) is 14.2. The van der Waals surface area contributed by atoms with Gasteiger partial charge in [-0.15, -0.1) is 0 Å². The Morgan fingerprint density at radius 2 is 1.73 bits per heavy atom. The van der Waals surface area contributed by atoms with Crippen molar-refractivity contribution in [2.75, 3.05) is 0 Å². The first-order valence-electron chi connectivity index (χ1n) is 10.6. The third kappa shape index (κ3) is 4.31. The van der Waals surface area contributed by atoms with Gasteiger partial charge in [-0.3, -0.25) is 4.79 Å². The molecule has 1 heterocycles. The Morgan fingerprint density at radius 1 is 1.07 bits per heavy atom. The number of aliphatic carboxylic acids is 1. The summed E-state index contributed by atoms with van der Waals surface area (Å²) >= 11 is 0. The van der Waals surface area contributed by atoms with Gasteiger partial charge in [0.05, 0.1) is 11.9 Å². The Morgan fingerprint density at radius 3 is 2.30 bits per heavy atom. The van der Waals surface area contributed by atoms with Crippen LogP contribution in [0.2, 0.25) is 18.1 Å². The molecule has 0 atom stereocenters. The van der Waals surface area contributed by atoms with E-state index >= 15 is 0 Å². The van der Waals surface area contributed by atoms with E-state index in [-0.39, 0.29) is 11.5 Å². The van der Waals surface area contributed by atoms with E-state index in [1.165, 1.54) is 5.56 Å². The number of fused-ring (bicyclic) bond motifs is 1. The SMILES string of the molecule is CCc1c(CC(=O)O)c2c(O[Si](C)(C)C(C)(C)C)cccc2n1Cc1ccccc1. The molecule has 0 aliphatic heterocycles. The minimum atomic E-state index is -2.07. The number of benzene rings is 2. The molecule has 2 aromatic carbocycles. The van der Waals surface area contributed by atoms with Crippen molar-refractivity contribution < 1.29 is 14.3 Å². The second kappa shape index (κ2) is 8.30. The van der Waals surface area contributed by atoms with Gasteiger partial charge in [0.15, 0.2) is 0 Å². The molecule has 0 spiro atoms. The molecule has 4 nitrogen and oxygen atoms in total. The number of carbonyl (C=O) groups is 1. The molecule has 1 aromatic heterocycles. The number of hydrogen-bond donors (Lipinski definition) is 1. The van der Waals surface area contributed by atoms with Gasteiger partial charge in [0.2, 0.25) is 0 Å². The molecule has 0 unspecified atom stereocenters. The highest BCUT2D eigenvalue weighted by Gasteiger charge is 2.39. The van der Waals surface area contributed by atoms with Crippen molar-refractivity contribution in [3.63, 3.8) is 0 Å². The maximum atomic E-state index is 11.8. The molecule has 0 aliphatic rings. The van der Waals surface area contributed by atoms with Crippen LogP contribution in [0.4, 0.5) is 0 Å². The summed E-state index contributed by atoms with van der Waals surface area (Å²) in [5.41, 5.74) is 4.19. The smallest absolute Gasteiger partial charge is 0.307 e. The molecule has 160 valence electrons. The summed E-state index contributed by atoms with van der Waals surface area (Å²) in [6, 6.07) is 16.4. The first kappa shape index (κ1) is 22.2. The first-order valence-corrected chi connectivity index (χ1v) is 13.5. The lowest BCUT2D eigenvalue weighted by molar-refractivity contribution is -0.136. The third-order valence-corrected chi connectivity index (χ3v) is 10.6. The maximum Gasteiger partial charge on any atom is 0.307 e. The van der Waals surface area contributed by atoms with Crippen molar-refractivity contribution in [1.29, 1.82) is 0 Å². The minimum absolute atomic E-state index is 0.000656. The van der Waals surface area contributed by atoms with Crippen LogP contribution in [0.3, 0.4) is 0 Å². The number of aromatic nitrogens is 1. The standard InChI is InChI=1S/C25H33NO3Si/c1-7-20-19(16-23(27)28)24-21(26(20)17-18-12-9-8-10-13-18)14-11-15-22(24)29-30(5,6)25(2,3)4/h8-15H,7,16-17H2,1-6H3,(H,27,28). The number of carboxylic acid groups (broad SMARTS) is 1. The van der Waals surface area contributed by atoms with Crippen LogP contribution in [0.25, 0.3) is 10.9 Å². The van der Waals surface area contributed by atoms with Crippen molar-refractivity contribution >= 4 is 25.2 Å². The lowest BCUT2D eigenvalue weighted by Gasteiger charge is -2.36. The highest BCUT2D eigenvalue weighted by atomic mass is 28.4. The van der Waals surface area contributed by atoms with Gasteiger partial charge in [-0.25, -0.2) is 0 Å². The van der Waals surface area contributed by atoms with E-state index in [1.54, 1.807) is 0 Å². The van der Waals surface area contributed by atoms with Gasteiger partial charge < -0.3 is 14.1 Å². The summed E-state index contributed by atoms with van der Waals surface area (Å²) in [4.78, 5) is 11.8. The molecule has 5 heteroatoms. The normalized spacial score (nSPS) is 12.3. The molecule has 30 heavy (non-hydrogen) atoms. The van der Waals surface area contributed by atoms with Crippen LogP contribution >= 0.6 is 0 Å². The molecule has 3 rings (SSSR count). The Balaban J connectivity index is 2.24. The zero-order valence-corrected chi connectivity index (χ0v) is 20.0. The number of rotatable bonds is 7. The van der Waals surface area contributed by atoms with Gasteiger partial charge in [0.25, 0.3) is 8.32 Å². The van der Waals surface area contributed by atoms with Crippen molar-refractivity contribution in [2.45, 2.75) is 65.2 Å². The van der Waals surface area contributed by atoms with Gasteiger partial charge in [-0.2, -0.15) is 0 Å². The van der Waals surface area contributed by atoms with E-state index in [1.807, 2.05) is 30.3 Å². The van der Waals surface area contributed by atoms with Crippen LogP contribution in [-0.4, -0.2) is 24.0 Å². The topological polar surface area (TPSA) is 51.5 Å². The summed E-state index contributed by atoms with van der Waals surface area (Å²) in [5.74, 6) is 0.00226. The Labute approximate surface area is 180 Å². The van der Waals surface area contributed by atoms with Crippen LogP contribution in [0.1, 0.15) is 44.5 Å². The molecule has 0 aliphatic carbocycles. The molecule has 0 fully saturated rings. The van der Waals surface area contributed by atoms with Gasteiger partial charge in [-0.1, -0.05) is 64.1 Å². The van der Waals surface area contributed by atoms with Crippen LogP contribution in [0.5, 0.6) is 5.75 Å². The van der Waals surface area contributed by atoms with Gasteiger partial charge >= 0.3 is 5.97 Å². The van der Waals surface area contributed by atoms with Crippen molar-refractivity contribution in [2.24, 2.45) is 0 Å². The number of carboxylic acids is 1. The van der Waals surface area contributed by atoms with E-state index < -0.39 is 14.3 Å². The Bertz CT molecular complexity index is 1050. The van der Waals surface area contributed by atoms with E-state index in [0.29, 0.717) is 6.54 Å². The molecular formula is C25H33NO3Si.